The van der Waals surface area contributed by atoms with E-state index in [9.17, 15) is 9.59 Å². The number of pyridine rings is 1. The summed E-state index contributed by atoms with van der Waals surface area (Å²) in [5.41, 5.74) is 2.97. The van der Waals surface area contributed by atoms with Crippen molar-refractivity contribution in [2.24, 2.45) is 0 Å². The van der Waals surface area contributed by atoms with Crippen LogP contribution in [0.4, 0.5) is 5.69 Å². The number of benzene rings is 2. The molecule has 0 saturated carbocycles. The minimum absolute atomic E-state index is 0.346. The highest BCUT2D eigenvalue weighted by Gasteiger charge is 2.14. The highest BCUT2D eigenvalue weighted by Crippen LogP contribution is 2.26. The number of para-hydroxylation sites is 2. The number of nitrogens with one attached hydrogen (secondary N) is 2. The van der Waals surface area contributed by atoms with E-state index in [1.165, 1.54) is 11.6 Å². The number of ether oxygens (including phenoxy) is 1. The second-order valence-electron chi connectivity index (χ2n) is 5.64. The number of hydrogen-bond donors (Lipinski definition) is 3. The largest absolute Gasteiger partial charge is 0.455 e. The van der Waals surface area contributed by atoms with E-state index in [4.69, 9.17) is 9.94 Å². The molecule has 0 radical (unpaired) electrons. The first-order valence-corrected chi connectivity index (χ1v) is 8.37. The van der Waals surface area contributed by atoms with Crippen molar-refractivity contribution in [3.8, 4) is 11.5 Å². The van der Waals surface area contributed by atoms with Crippen LogP contribution in [0.15, 0.2) is 79.1 Å². The number of rotatable bonds is 6. The molecule has 28 heavy (non-hydrogen) atoms. The topological polar surface area (TPSA) is 101 Å². The lowest BCUT2D eigenvalue weighted by Gasteiger charge is -2.12. The second-order valence-corrected chi connectivity index (χ2v) is 5.64. The summed E-state index contributed by atoms with van der Waals surface area (Å²) in [5.74, 6) is -0.134. The van der Waals surface area contributed by atoms with Gasteiger partial charge in [0.1, 0.15) is 11.5 Å². The maximum Gasteiger partial charge on any atom is 0.267 e. The van der Waals surface area contributed by atoms with Crippen LogP contribution in [0.1, 0.15) is 15.9 Å². The summed E-state index contributed by atoms with van der Waals surface area (Å²) < 4.78 is 5.77. The van der Waals surface area contributed by atoms with Crippen molar-refractivity contribution in [1.82, 2.24) is 10.5 Å². The Hall–Kier alpha value is -3.97. The summed E-state index contributed by atoms with van der Waals surface area (Å²) in [6, 6.07) is 17.3. The Balaban J connectivity index is 1.83. The van der Waals surface area contributed by atoms with Crippen molar-refractivity contribution in [1.29, 1.82) is 0 Å². The molecule has 0 aliphatic heterocycles. The first-order valence-electron chi connectivity index (χ1n) is 8.37. The third kappa shape index (κ3) is 4.80. The fraction of sp³-hybridized carbons (Fsp3) is 0. The van der Waals surface area contributed by atoms with E-state index in [-0.39, 0.29) is 5.91 Å². The Morgan fingerprint density at radius 1 is 1.00 bits per heavy atom. The molecule has 1 heterocycles. The lowest BCUT2D eigenvalue weighted by Crippen LogP contribution is -2.15. The molecule has 7 nitrogen and oxygen atoms in total. The summed E-state index contributed by atoms with van der Waals surface area (Å²) in [6.07, 6.45) is 5.83. The maximum atomic E-state index is 12.8. The Labute approximate surface area is 161 Å². The fourth-order valence-electron chi connectivity index (χ4n) is 2.43. The number of amides is 2. The summed E-state index contributed by atoms with van der Waals surface area (Å²) in [6.45, 7) is 0. The van der Waals surface area contributed by atoms with Gasteiger partial charge >= 0.3 is 0 Å². The van der Waals surface area contributed by atoms with Crippen molar-refractivity contribution >= 4 is 23.6 Å². The first-order chi connectivity index (χ1) is 13.7. The van der Waals surface area contributed by atoms with Gasteiger partial charge in [0.25, 0.3) is 11.8 Å². The summed E-state index contributed by atoms with van der Waals surface area (Å²) >= 11 is 0. The average molecular weight is 375 g/mol. The van der Waals surface area contributed by atoms with Gasteiger partial charge < -0.3 is 10.1 Å². The third-order valence-corrected chi connectivity index (χ3v) is 3.73. The predicted octanol–water partition coefficient (Wildman–Crippen LogP) is 3.64. The minimum Gasteiger partial charge on any atom is -0.455 e. The zero-order valence-corrected chi connectivity index (χ0v) is 14.7. The third-order valence-electron chi connectivity index (χ3n) is 3.73. The molecule has 7 heteroatoms. The number of hydrogen-bond acceptors (Lipinski definition) is 5. The molecule has 0 aliphatic carbocycles. The van der Waals surface area contributed by atoms with Crippen LogP contribution in [0.25, 0.3) is 6.08 Å². The van der Waals surface area contributed by atoms with Crippen LogP contribution in [0.5, 0.6) is 11.5 Å². The van der Waals surface area contributed by atoms with Crippen molar-refractivity contribution in [3.63, 3.8) is 0 Å². The van der Waals surface area contributed by atoms with E-state index in [1.807, 2.05) is 0 Å². The highest BCUT2D eigenvalue weighted by atomic mass is 16.5. The summed E-state index contributed by atoms with van der Waals surface area (Å²) in [4.78, 5) is 28.0. The molecule has 1 aromatic heterocycles. The van der Waals surface area contributed by atoms with Gasteiger partial charge in [-0.2, -0.15) is 0 Å². The Morgan fingerprint density at radius 3 is 2.57 bits per heavy atom. The van der Waals surface area contributed by atoms with Crippen LogP contribution in [-0.2, 0) is 4.79 Å². The molecule has 3 rings (SSSR count). The van der Waals surface area contributed by atoms with Crippen LogP contribution in [-0.4, -0.2) is 22.0 Å². The number of anilines is 1. The quantitative estimate of drug-likeness (QED) is 0.347. The zero-order valence-electron chi connectivity index (χ0n) is 14.7. The molecule has 0 atom stereocenters. The van der Waals surface area contributed by atoms with E-state index >= 15 is 0 Å². The average Bonchev–Trinajstić information content (AvgIpc) is 2.74. The van der Waals surface area contributed by atoms with Gasteiger partial charge in [-0.25, -0.2) is 5.48 Å². The molecule has 0 aliphatic rings. The van der Waals surface area contributed by atoms with E-state index in [0.29, 0.717) is 28.3 Å². The second kappa shape index (κ2) is 9.11. The van der Waals surface area contributed by atoms with E-state index in [1.54, 1.807) is 73.1 Å². The fourth-order valence-corrected chi connectivity index (χ4v) is 2.43. The molecule has 3 aromatic rings. The number of carbonyl (C=O) groups excluding carboxylic acids is 2. The number of nitrogens with zero attached hydrogens (tertiary/aromatic N) is 1. The van der Waals surface area contributed by atoms with Gasteiger partial charge in [-0.3, -0.25) is 19.8 Å². The van der Waals surface area contributed by atoms with Gasteiger partial charge in [0, 0.05) is 18.0 Å². The van der Waals surface area contributed by atoms with Crippen LogP contribution < -0.4 is 15.5 Å². The summed E-state index contributed by atoms with van der Waals surface area (Å²) in [5, 5.41) is 11.4. The van der Waals surface area contributed by atoms with Gasteiger partial charge in [-0.15, -0.1) is 0 Å². The summed E-state index contributed by atoms with van der Waals surface area (Å²) in [7, 11) is 0. The molecular formula is C21H17N3O4. The van der Waals surface area contributed by atoms with Crippen LogP contribution >= 0.6 is 0 Å². The SMILES string of the molecule is O=C(/C=C/c1ccccc1NC(=O)c1ccccc1Oc1cccnc1)NO. The van der Waals surface area contributed by atoms with E-state index in [2.05, 4.69) is 10.3 Å². The maximum absolute atomic E-state index is 12.8. The normalized spacial score (nSPS) is 10.5. The number of hydroxylamine groups is 1. The van der Waals surface area contributed by atoms with Crippen LogP contribution in [0, 0.1) is 0 Å². The van der Waals surface area contributed by atoms with Crippen LogP contribution in [0.2, 0.25) is 0 Å². The van der Waals surface area contributed by atoms with Gasteiger partial charge in [-0.1, -0.05) is 30.3 Å². The minimum atomic E-state index is -0.670. The molecule has 3 N–H and O–H groups in total. The molecule has 140 valence electrons. The van der Waals surface area contributed by atoms with Crippen molar-refractivity contribution in [2.75, 3.05) is 5.32 Å². The lowest BCUT2D eigenvalue weighted by atomic mass is 10.1. The lowest BCUT2D eigenvalue weighted by molar-refractivity contribution is -0.124. The Bertz CT molecular complexity index is 1000. The predicted molar refractivity (Wildman–Crippen MR) is 104 cm³/mol. The number of aromatic nitrogens is 1. The number of carbonyl (C=O) groups is 2. The molecule has 0 saturated heterocycles. The smallest absolute Gasteiger partial charge is 0.267 e. The molecule has 2 amide bonds. The van der Waals surface area contributed by atoms with Crippen LogP contribution in [0.3, 0.4) is 0 Å². The monoisotopic (exact) mass is 375 g/mol. The standard InChI is InChI=1S/C21H17N3O4/c25-20(24-27)12-11-15-6-1-3-9-18(15)23-21(26)17-8-2-4-10-19(17)28-16-7-5-13-22-14-16/h1-14,27H,(H,23,26)(H,24,25)/b12-11+. The molecule has 0 unspecified atom stereocenters. The van der Waals surface area contributed by atoms with Gasteiger partial charge in [0.05, 0.1) is 11.8 Å². The Kier molecular flexibility index (Phi) is 6.12. The first kappa shape index (κ1) is 18.8. The molecule has 0 spiro atoms. The zero-order chi connectivity index (χ0) is 19.8. The molecule has 0 bridgehead atoms. The van der Waals surface area contributed by atoms with Gasteiger partial charge in [0.2, 0.25) is 0 Å². The Morgan fingerprint density at radius 2 is 1.79 bits per heavy atom. The molecule has 2 aromatic carbocycles. The van der Waals surface area contributed by atoms with Crippen molar-refractivity contribution < 1.29 is 19.5 Å². The van der Waals surface area contributed by atoms with Gasteiger partial charge in [0.15, 0.2) is 0 Å². The van der Waals surface area contributed by atoms with Crippen molar-refractivity contribution in [2.45, 2.75) is 0 Å². The molecule has 0 fully saturated rings. The highest BCUT2D eigenvalue weighted by molar-refractivity contribution is 6.07. The van der Waals surface area contributed by atoms with E-state index < -0.39 is 5.91 Å². The molecular weight excluding hydrogens is 358 g/mol. The van der Waals surface area contributed by atoms with Gasteiger partial charge in [-0.05, 0) is 42.0 Å². The van der Waals surface area contributed by atoms with E-state index in [0.717, 1.165) is 6.08 Å². The van der Waals surface area contributed by atoms with Crippen molar-refractivity contribution in [3.05, 3.63) is 90.3 Å².